The molecule has 0 saturated carbocycles. The number of nitrogens with one attached hydrogen (secondary N) is 1. The van der Waals surface area contributed by atoms with Crippen molar-refractivity contribution in [2.45, 2.75) is 31.2 Å². The molecule has 1 aromatic rings. The van der Waals surface area contributed by atoms with Gasteiger partial charge in [-0.15, -0.1) is 0 Å². The third-order valence-corrected chi connectivity index (χ3v) is 5.47. The maximum absolute atomic E-state index is 12.3. The van der Waals surface area contributed by atoms with Crippen LogP contribution in [0.15, 0.2) is 23.1 Å². The van der Waals surface area contributed by atoms with Crippen LogP contribution in [0.2, 0.25) is 0 Å². The van der Waals surface area contributed by atoms with Crippen molar-refractivity contribution in [1.29, 1.82) is 0 Å². The summed E-state index contributed by atoms with van der Waals surface area (Å²) in [6.07, 6.45) is 0.187. The Morgan fingerprint density at radius 1 is 1.30 bits per heavy atom. The van der Waals surface area contributed by atoms with Crippen LogP contribution in [-0.2, 0) is 14.8 Å². The first-order chi connectivity index (χ1) is 10.7. The highest BCUT2D eigenvalue weighted by atomic mass is 32.2. The van der Waals surface area contributed by atoms with Gasteiger partial charge in [-0.3, -0.25) is 9.59 Å². The normalized spacial score (nSPS) is 16.8. The van der Waals surface area contributed by atoms with Crippen LogP contribution in [0.5, 0.6) is 0 Å². The molecule has 124 valence electrons. The maximum Gasteiger partial charge on any atom is 0.326 e. The molecule has 0 fully saturated rings. The largest absolute Gasteiger partial charge is 0.480 e. The second-order valence-corrected chi connectivity index (χ2v) is 6.79. The number of hydrogen-bond donors (Lipinski definition) is 2. The molecule has 1 heterocycles. The van der Waals surface area contributed by atoms with E-state index in [1.54, 1.807) is 6.92 Å². The summed E-state index contributed by atoms with van der Waals surface area (Å²) in [5, 5.41) is 11.3. The van der Waals surface area contributed by atoms with Crippen LogP contribution in [0, 0.1) is 0 Å². The van der Waals surface area contributed by atoms with E-state index in [4.69, 9.17) is 5.11 Å². The zero-order valence-electron chi connectivity index (χ0n) is 12.6. The van der Waals surface area contributed by atoms with E-state index < -0.39 is 33.8 Å². The van der Waals surface area contributed by atoms with Gasteiger partial charge in [0.05, 0.1) is 5.56 Å². The van der Waals surface area contributed by atoms with Crippen LogP contribution in [0.1, 0.15) is 41.0 Å². The summed E-state index contributed by atoms with van der Waals surface area (Å²) in [6.45, 7) is 3.13. The van der Waals surface area contributed by atoms with Gasteiger partial charge in [0.15, 0.2) is 0 Å². The third kappa shape index (κ3) is 2.79. The number of carboxylic acids is 1. The molecule has 1 aliphatic heterocycles. The molecular formula is C14H16N2O6S. The van der Waals surface area contributed by atoms with Crippen molar-refractivity contribution in [3.8, 4) is 0 Å². The molecule has 0 saturated heterocycles. The lowest BCUT2D eigenvalue weighted by Crippen LogP contribution is -2.40. The molecule has 0 aliphatic carbocycles. The highest BCUT2D eigenvalue weighted by Crippen LogP contribution is 2.30. The first kappa shape index (κ1) is 16.9. The number of carbonyl (C=O) groups is 3. The van der Waals surface area contributed by atoms with Crippen molar-refractivity contribution < 1.29 is 27.9 Å². The second-order valence-electron chi connectivity index (χ2n) is 4.96. The number of benzene rings is 1. The topological polar surface area (TPSA) is 121 Å². The number of sulfonamides is 1. The molecule has 8 nitrogen and oxygen atoms in total. The summed E-state index contributed by atoms with van der Waals surface area (Å²) < 4.78 is 25.3. The molecule has 0 radical (unpaired) electrons. The Labute approximate surface area is 133 Å². The van der Waals surface area contributed by atoms with E-state index in [-0.39, 0.29) is 29.0 Å². The zero-order valence-corrected chi connectivity index (χ0v) is 13.4. The van der Waals surface area contributed by atoms with Crippen LogP contribution >= 0.6 is 0 Å². The minimum Gasteiger partial charge on any atom is -0.480 e. The first-order valence-corrected chi connectivity index (χ1v) is 8.42. The molecule has 0 bridgehead atoms. The lowest BCUT2D eigenvalue weighted by molar-refractivity contribution is -0.139. The molecule has 1 aliphatic rings. The number of amides is 2. The van der Waals surface area contributed by atoms with Crippen molar-refractivity contribution in [1.82, 2.24) is 9.62 Å². The summed E-state index contributed by atoms with van der Waals surface area (Å²) in [5.41, 5.74) is -0.00791. The fourth-order valence-corrected chi connectivity index (χ4v) is 3.91. The van der Waals surface area contributed by atoms with E-state index in [9.17, 15) is 22.8 Å². The van der Waals surface area contributed by atoms with Crippen molar-refractivity contribution in [3.63, 3.8) is 0 Å². The fourth-order valence-electron chi connectivity index (χ4n) is 2.31. The standard InChI is InChI=1S/C14H16N2O6S/c1-3-10(14(19)20)15-12(17)8-5-6-9-11(7-8)23(21,22)16(4-2)13(9)18/h5-7,10H,3-4H2,1-2H3,(H,15,17)(H,19,20). The number of carbonyl (C=O) groups excluding carboxylic acids is 2. The quantitative estimate of drug-likeness (QED) is 0.802. The third-order valence-electron chi connectivity index (χ3n) is 3.57. The number of aliphatic carboxylic acids is 1. The van der Waals surface area contributed by atoms with Gasteiger partial charge in [-0.25, -0.2) is 17.5 Å². The highest BCUT2D eigenvalue weighted by molar-refractivity contribution is 7.90. The molecule has 2 amide bonds. The zero-order chi connectivity index (χ0) is 17.4. The van der Waals surface area contributed by atoms with Gasteiger partial charge in [0.25, 0.3) is 21.8 Å². The van der Waals surface area contributed by atoms with Crippen LogP contribution in [0.4, 0.5) is 0 Å². The van der Waals surface area contributed by atoms with E-state index >= 15 is 0 Å². The Balaban J connectivity index is 2.39. The molecule has 2 rings (SSSR count). The number of rotatable bonds is 5. The number of carboxylic acid groups (broad SMARTS) is 1. The summed E-state index contributed by atoms with van der Waals surface area (Å²) >= 11 is 0. The minimum absolute atomic E-state index is 0.00566. The number of nitrogens with zero attached hydrogens (tertiary/aromatic N) is 1. The molecule has 1 unspecified atom stereocenters. The van der Waals surface area contributed by atoms with Crippen LogP contribution in [-0.4, -0.2) is 48.2 Å². The van der Waals surface area contributed by atoms with Gasteiger partial charge in [-0.1, -0.05) is 6.92 Å². The molecule has 1 aromatic carbocycles. The van der Waals surface area contributed by atoms with E-state index in [2.05, 4.69) is 5.32 Å². The highest BCUT2D eigenvalue weighted by Gasteiger charge is 2.40. The first-order valence-electron chi connectivity index (χ1n) is 6.98. The second kappa shape index (κ2) is 5.99. The maximum atomic E-state index is 12.3. The average molecular weight is 340 g/mol. The molecule has 1 atom stereocenters. The molecule has 2 N–H and O–H groups in total. The van der Waals surface area contributed by atoms with Crippen LogP contribution in [0.25, 0.3) is 0 Å². The predicted octanol–water partition coefficient (Wildman–Crippen LogP) is 0.444. The molecule has 0 aromatic heterocycles. The average Bonchev–Trinajstić information content (AvgIpc) is 2.70. The van der Waals surface area contributed by atoms with Gasteiger partial charge in [0.1, 0.15) is 10.9 Å². The monoisotopic (exact) mass is 340 g/mol. The van der Waals surface area contributed by atoms with Gasteiger partial charge >= 0.3 is 5.97 Å². The van der Waals surface area contributed by atoms with Crippen molar-refractivity contribution in [2.24, 2.45) is 0 Å². The van der Waals surface area contributed by atoms with Gasteiger partial charge in [0, 0.05) is 12.1 Å². The predicted molar refractivity (Wildman–Crippen MR) is 79.5 cm³/mol. The molecular weight excluding hydrogens is 324 g/mol. The van der Waals surface area contributed by atoms with E-state index in [0.717, 1.165) is 10.4 Å². The van der Waals surface area contributed by atoms with Gasteiger partial charge < -0.3 is 10.4 Å². The summed E-state index contributed by atoms with van der Waals surface area (Å²) in [7, 11) is -3.96. The van der Waals surface area contributed by atoms with Gasteiger partial charge in [-0.2, -0.15) is 0 Å². The van der Waals surface area contributed by atoms with Crippen LogP contribution in [0.3, 0.4) is 0 Å². The SMILES string of the molecule is CCC(NC(=O)c1ccc2c(c1)S(=O)(=O)N(CC)C2=O)C(=O)O. The molecule has 9 heteroatoms. The van der Waals surface area contributed by atoms with E-state index in [1.807, 2.05) is 0 Å². The smallest absolute Gasteiger partial charge is 0.326 e. The summed E-state index contributed by atoms with van der Waals surface area (Å²) in [6, 6.07) is 2.60. The van der Waals surface area contributed by atoms with Gasteiger partial charge in [0.2, 0.25) is 0 Å². The minimum atomic E-state index is -3.96. The van der Waals surface area contributed by atoms with E-state index in [1.165, 1.54) is 19.1 Å². The Morgan fingerprint density at radius 2 is 1.96 bits per heavy atom. The Kier molecular flexibility index (Phi) is 4.42. The summed E-state index contributed by atoms with van der Waals surface area (Å²) in [5.74, 6) is -2.52. The lowest BCUT2D eigenvalue weighted by Gasteiger charge is -2.12. The Bertz CT molecular complexity index is 786. The van der Waals surface area contributed by atoms with E-state index in [0.29, 0.717) is 0 Å². The van der Waals surface area contributed by atoms with Crippen LogP contribution < -0.4 is 5.32 Å². The Morgan fingerprint density at radius 3 is 2.48 bits per heavy atom. The van der Waals surface area contributed by atoms with Crippen molar-refractivity contribution in [3.05, 3.63) is 29.3 Å². The van der Waals surface area contributed by atoms with Crippen molar-refractivity contribution >= 4 is 27.8 Å². The van der Waals surface area contributed by atoms with Crippen molar-refractivity contribution in [2.75, 3.05) is 6.54 Å². The van der Waals surface area contributed by atoms with Gasteiger partial charge in [-0.05, 0) is 31.5 Å². The molecule has 23 heavy (non-hydrogen) atoms. The lowest BCUT2D eigenvalue weighted by atomic mass is 10.1. The number of fused-ring (bicyclic) bond motifs is 1. The fraction of sp³-hybridized carbons (Fsp3) is 0.357. The summed E-state index contributed by atoms with van der Waals surface area (Å²) in [4.78, 5) is 34.8. The molecule has 0 spiro atoms. The Hall–Kier alpha value is -2.42. The number of hydrogen-bond acceptors (Lipinski definition) is 5.